The Hall–Kier alpha value is -0.360. The van der Waals surface area contributed by atoms with E-state index in [-0.39, 0.29) is 6.61 Å². The summed E-state index contributed by atoms with van der Waals surface area (Å²) in [5.41, 5.74) is 0. The van der Waals surface area contributed by atoms with E-state index in [0.29, 0.717) is 0 Å². The Morgan fingerprint density at radius 1 is 1.00 bits per heavy atom. The maximum atomic E-state index is 9.66. The number of hydrogen-bond donors (Lipinski definition) is 6. The summed E-state index contributed by atoms with van der Waals surface area (Å²) < 4.78 is 14.9. The first kappa shape index (κ1) is 15.0. The van der Waals surface area contributed by atoms with Gasteiger partial charge in [0, 0.05) is 0 Å². The van der Waals surface area contributed by atoms with Gasteiger partial charge in [-0.2, -0.15) is 0 Å². The van der Waals surface area contributed by atoms with Gasteiger partial charge in [0.2, 0.25) is 0 Å². The molecule has 112 valence electrons. The average molecular weight is 282 g/mol. The molecular weight excluding hydrogens is 264 g/mol. The van der Waals surface area contributed by atoms with Crippen LogP contribution in [0.15, 0.2) is 0 Å². The van der Waals surface area contributed by atoms with E-state index in [1.807, 2.05) is 0 Å². The molecule has 9 heteroatoms. The third kappa shape index (κ3) is 2.89. The van der Waals surface area contributed by atoms with E-state index in [1.165, 1.54) is 0 Å². The van der Waals surface area contributed by atoms with Crippen LogP contribution in [0.3, 0.4) is 0 Å². The van der Waals surface area contributed by atoms with Crippen LogP contribution in [0.2, 0.25) is 0 Å². The van der Waals surface area contributed by atoms with E-state index in [0.717, 1.165) is 0 Å². The SMILES string of the molecule is OC[C@@H]1O[C@@H](O[C@H]2[C@H](O)[C@H](O)OC[C@H]2O)[C@H](O)[C@@H]1O. The zero-order chi connectivity index (χ0) is 14.2. The molecule has 2 saturated heterocycles. The molecule has 8 atom stereocenters. The molecule has 2 aliphatic heterocycles. The van der Waals surface area contributed by atoms with Crippen LogP contribution in [0.5, 0.6) is 0 Å². The van der Waals surface area contributed by atoms with Crippen LogP contribution in [0, 0.1) is 0 Å². The van der Waals surface area contributed by atoms with Crippen LogP contribution in [-0.4, -0.2) is 93.1 Å². The summed E-state index contributed by atoms with van der Waals surface area (Å²) in [4.78, 5) is 0. The highest BCUT2D eigenvalue weighted by atomic mass is 16.7. The van der Waals surface area contributed by atoms with Crippen LogP contribution in [0.25, 0.3) is 0 Å². The summed E-state index contributed by atoms with van der Waals surface area (Å²) in [5, 5.41) is 56.7. The van der Waals surface area contributed by atoms with Gasteiger partial charge in [-0.25, -0.2) is 0 Å². The number of aliphatic hydroxyl groups excluding tert-OH is 6. The molecule has 9 nitrogen and oxygen atoms in total. The molecule has 0 aromatic carbocycles. The van der Waals surface area contributed by atoms with Crippen molar-refractivity contribution in [2.24, 2.45) is 0 Å². The minimum atomic E-state index is -1.52. The highest BCUT2D eigenvalue weighted by Crippen LogP contribution is 2.26. The van der Waals surface area contributed by atoms with Crippen LogP contribution in [-0.2, 0) is 14.2 Å². The van der Waals surface area contributed by atoms with Crippen LogP contribution < -0.4 is 0 Å². The van der Waals surface area contributed by atoms with Gasteiger partial charge in [-0.05, 0) is 0 Å². The van der Waals surface area contributed by atoms with Gasteiger partial charge in [-0.15, -0.1) is 0 Å². The van der Waals surface area contributed by atoms with E-state index in [4.69, 9.17) is 14.6 Å². The number of hydrogen-bond acceptors (Lipinski definition) is 9. The molecule has 2 heterocycles. The minimum absolute atomic E-state index is 0.252. The Kier molecular flexibility index (Phi) is 4.71. The first-order chi connectivity index (χ1) is 8.95. The number of aliphatic hydroxyl groups is 6. The van der Waals surface area contributed by atoms with Crippen molar-refractivity contribution in [3.8, 4) is 0 Å². The molecular formula is C10H18O9. The van der Waals surface area contributed by atoms with Gasteiger partial charge in [-0.1, -0.05) is 0 Å². The standard InChI is InChI=1S/C10H18O9/c11-1-4-5(13)6(14)10(18-4)19-8-3(12)2-17-9(16)7(8)15/h3-16H,1-2H2/t3-,4+,5-,6-,7+,8-,9-,10+/m1/s1. The molecule has 0 aromatic heterocycles. The van der Waals surface area contributed by atoms with E-state index in [2.05, 4.69) is 4.74 Å². The molecule has 2 rings (SSSR count). The Labute approximate surface area is 108 Å². The summed E-state index contributed by atoms with van der Waals surface area (Å²) in [7, 11) is 0. The third-order valence-corrected chi connectivity index (χ3v) is 3.24. The second-order valence-corrected chi connectivity index (χ2v) is 4.59. The van der Waals surface area contributed by atoms with Gasteiger partial charge in [-0.3, -0.25) is 0 Å². The van der Waals surface area contributed by atoms with Crippen molar-refractivity contribution < 1.29 is 44.8 Å². The largest absolute Gasteiger partial charge is 0.394 e. The van der Waals surface area contributed by atoms with E-state index in [9.17, 15) is 25.5 Å². The quantitative estimate of drug-likeness (QED) is 0.303. The van der Waals surface area contributed by atoms with Crippen LogP contribution >= 0.6 is 0 Å². The Bertz CT molecular complexity index is 301. The zero-order valence-electron chi connectivity index (χ0n) is 9.94. The van der Waals surface area contributed by atoms with Crippen molar-refractivity contribution in [2.75, 3.05) is 13.2 Å². The van der Waals surface area contributed by atoms with Crippen LogP contribution in [0.4, 0.5) is 0 Å². The molecule has 6 N–H and O–H groups in total. The summed E-state index contributed by atoms with van der Waals surface area (Å²) in [6.07, 6.45) is -10.6. The van der Waals surface area contributed by atoms with Gasteiger partial charge >= 0.3 is 0 Å². The third-order valence-electron chi connectivity index (χ3n) is 3.24. The fraction of sp³-hybridized carbons (Fsp3) is 1.00. The van der Waals surface area contributed by atoms with Crippen molar-refractivity contribution in [1.29, 1.82) is 0 Å². The lowest BCUT2D eigenvalue weighted by Gasteiger charge is -2.36. The normalized spacial score (nSPS) is 51.5. The minimum Gasteiger partial charge on any atom is -0.394 e. The second kappa shape index (κ2) is 5.95. The van der Waals surface area contributed by atoms with Crippen molar-refractivity contribution >= 4 is 0 Å². The smallest absolute Gasteiger partial charge is 0.187 e. The lowest BCUT2D eigenvalue weighted by molar-refractivity contribution is -0.298. The van der Waals surface area contributed by atoms with E-state index in [1.54, 1.807) is 0 Å². The van der Waals surface area contributed by atoms with Gasteiger partial charge < -0.3 is 44.8 Å². The molecule has 0 saturated carbocycles. The maximum Gasteiger partial charge on any atom is 0.187 e. The Morgan fingerprint density at radius 2 is 1.68 bits per heavy atom. The Morgan fingerprint density at radius 3 is 2.26 bits per heavy atom. The molecule has 0 unspecified atom stereocenters. The lowest BCUT2D eigenvalue weighted by atomic mass is 10.0. The predicted octanol–water partition coefficient (Wildman–Crippen LogP) is -4.12. The molecule has 0 aromatic rings. The molecule has 0 radical (unpaired) electrons. The van der Waals surface area contributed by atoms with Gasteiger partial charge in [0.1, 0.15) is 36.6 Å². The number of rotatable bonds is 3. The summed E-state index contributed by atoms with van der Waals surface area (Å²) in [6.45, 7) is -0.767. The molecule has 2 aliphatic rings. The van der Waals surface area contributed by atoms with Crippen molar-refractivity contribution in [2.45, 2.75) is 49.2 Å². The van der Waals surface area contributed by atoms with Gasteiger partial charge in [0.15, 0.2) is 12.6 Å². The monoisotopic (exact) mass is 282 g/mol. The first-order valence-corrected chi connectivity index (χ1v) is 5.89. The topological polar surface area (TPSA) is 149 Å². The summed E-state index contributed by atoms with van der Waals surface area (Å²) >= 11 is 0. The Balaban J connectivity index is 2.00. The van der Waals surface area contributed by atoms with Crippen molar-refractivity contribution in [1.82, 2.24) is 0 Å². The van der Waals surface area contributed by atoms with E-state index < -0.39 is 55.8 Å². The molecule has 19 heavy (non-hydrogen) atoms. The summed E-state index contributed by atoms with van der Waals surface area (Å²) in [5.74, 6) is 0. The van der Waals surface area contributed by atoms with Gasteiger partial charge in [0.05, 0.1) is 13.2 Å². The van der Waals surface area contributed by atoms with Gasteiger partial charge in [0.25, 0.3) is 0 Å². The molecule has 0 spiro atoms. The maximum absolute atomic E-state index is 9.66. The zero-order valence-corrected chi connectivity index (χ0v) is 9.94. The fourth-order valence-corrected chi connectivity index (χ4v) is 2.08. The predicted molar refractivity (Wildman–Crippen MR) is 56.6 cm³/mol. The second-order valence-electron chi connectivity index (χ2n) is 4.59. The number of ether oxygens (including phenoxy) is 3. The fourth-order valence-electron chi connectivity index (χ4n) is 2.08. The van der Waals surface area contributed by atoms with Crippen molar-refractivity contribution in [3.63, 3.8) is 0 Å². The molecule has 0 amide bonds. The average Bonchev–Trinajstić information content (AvgIpc) is 2.66. The highest BCUT2D eigenvalue weighted by Gasteiger charge is 2.47. The molecule has 0 bridgehead atoms. The lowest BCUT2D eigenvalue weighted by Crippen LogP contribution is -2.56. The first-order valence-electron chi connectivity index (χ1n) is 5.89. The summed E-state index contributed by atoms with van der Waals surface area (Å²) in [6, 6.07) is 0. The van der Waals surface area contributed by atoms with Crippen molar-refractivity contribution in [3.05, 3.63) is 0 Å². The highest BCUT2D eigenvalue weighted by molar-refractivity contribution is 4.90. The van der Waals surface area contributed by atoms with Crippen LogP contribution in [0.1, 0.15) is 0 Å². The van der Waals surface area contributed by atoms with E-state index >= 15 is 0 Å². The molecule has 0 aliphatic carbocycles. The molecule has 2 fully saturated rings.